The van der Waals surface area contributed by atoms with Crippen LogP contribution < -0.4 is 20.5 Å². The molecule has 20 heavy (non-hydrogen) atoms. The summed E-state index contributed by atoms with van der Waals surface area (Å²) in [4.78, 5) is 12.0. The number of fused-ring (bicyclic) bond motifs is 1. The number of nitrogens with one attached hydrogen (secondary N) is 1. The zero-order chi connectivity index (χ0) is 14.1. The maximum Gasteiger partial charge on any atom is 0.268 e. The van der Waals surface area contributed by atoms with Gasteiger partial charge >= 0.3 is 0 Å². The number of hydrogen-bond donors (Lipinski definition) is 2. The molecule has 1 aliphatic rings. The Hall–Kier alpha value is -2.63. The van der Waals surface area contributed by atoms with E-state index in [0.29, 0.717) is 23.7 Å². The molecule has 2 aromatic rings. The van der Waals surface area contributed by atoms with Gasteiger partial charge in [0.15, 0.2) is 11.5 Å². The molecule has 2 heterocycles. The number of nitrogen functional groups attached to an aromatic ring is 1. The van der Waals surface area contributed by atoms with E-state index in [0.717, 1.165) is 11.3 Å². The standard InChI is InChI=1S/C14H15N3O3/c1-17-7-10(15)5-11(17)14(18)16-6-9-2-3-12-13(4-9)20-8-19-12/h2-5,7H,6,8,15H2,1H3,(H,16,18). The Balaban J connectivity index is 1.67. The number of carbonyl (C=O) groups is 1. The molecule has 3 N–H and O–H groups in total. The second-order valence-electron chi connectivity index (χ2n) is 4.64. The molecule has 0 unspecified atom stereocenters. The summed E-state index contributed by atoms with van der Waals surface area (Å²) in [6, 6.07) is 7.24. The minimum Gasteiger partial charge on any atom is -0.454 e. The number of anilines is 1. The van der Waals surface area contributed by atoms with Gasteiger partial charge < -0.3 is 25.1 Å². The normalized spacial score (nSPS) is 12.4. The van der Waals surface area contributed by atoms with E-state index < -0.39 is 0 Å². The van der Waals surface area contributed by atoms with Crippen molar-refractivity contribution in [2.75, 3.05) is 12.5 Å². The van der Waals surface area contributed by atoms with E-state index in [1.807, 2.05) is 18.2 Å². The summed E-state index contributed by atoms with van der Waals surface area (Å²) in [6.45, 7) is 0.661. The number of amides is 1. The summed E-state index contributed by atoms with van der Waals surface area (Å²) in [5.41, 5.74) is 7.70. The molecule has 0 radical (unpaired) electrons. The highest BCUT2D eigenvalue weighted by atomic mass is 16.7. The quantitative estimate of drug-likeness (QED) is 0.882. The Morgan fingerprint density at radius 3 is 2.90 bits per heavy atom. The summed E-state index contributed by atoms with van der Waals surface area (Å²) in [7, 11) is 1.78. The monoisotopic (exact) mass is 273 g/mol. The predicted octanol–water partition coefficient (Wildman–Crippen LogP) is 1.27. The lowest BCUT2D eigenvalue weighted by atomic mass is 10.2. The lowest BCUT2D eigenvalue weighted by Gasteiger charge is -2.07. The van der Waals surface area contributed by atoms with Gasteiger partial charge in [-0.15, -0.1) is 0 Å². The van der Waals surface area contributed by atoms with Crippen molar-refractivity contribution in [3.8, 4) is 11.5 Å². The van der Waals surface area contributed by atoms with Gasteiger partial charge in [-0.05, 0) is 23.8 Å². The van der Waals surface area contributed by atoms with Crippen LogP contribution in [0, 0.1) is 0 Å². The van der Waals surface area contributed by atoms with Crippen molar-refractivity contribution in [1.82, 2.24) is 9.88 Å². The molecular weight excluding hydrogens is 258 g/mol. The molecule has 0 saturated heterocycles. The number of rotatable bonds is 3. The molecule has 1 amide bonds. The molecule has 0 aliphatic carbocycles. The van der Waals surface area contributed by atoms with Crippen molar-refractivity contribution in [1.29, 1.82) is 0 Å². The van der Waals surface area contributed by atoms with Crippen molar-refractivity contribution in [3.05, 3.63) is 41.7 Å². The van der Waals surface area contributed by atoms with Crippen LogP contribution in [0.5, 0.6) is 11.5 Å². The van der Waals surface area contributed by atoms with Crippen LogP contribution in [-0.2, 0) is 13.6 Å². The number of aromatic nitrogens is 1. The summed E-state index contributed by atoms with van der Waals surface area (Å²) >= 11 is 0. The number of hydrogen-bond acceptors (Lipinski definition) is 4. The first kappa shape index (κ1) is 12.4. The van der Waals surface area contributed by atoms with Crippen molar-refractivity contribution in [2.45, 2.75) is 6.54 Å². The average molecular weight is 273 g/mol. The van der Waals surface area contributed by atoms with Gasteiger partial charge in [0.05, 0.1) is 5.69 Å². The number of ether oxygens (including phenoxy) is 2. The van der Waals surface area contributed by atoms with Crippen molar-refractivity contribution in [2.24, 2.45) is 7.05 Å². The van der Waals surface area contributed by atoms with Crippen LogP contribution in [0.3, 0.4) is 0 Å². The van der Waals surface area contributed by atoms with Crippen LogP contribution in [0.1, 0.15) is 16.1 Å². The van der Waals surface area contributed by atoms with Crippen LogP contribution in [0.2, 0.25) is 0 Å². The molecule has 0 atom stereocenters. The second kappa shape index (κ2) is 4.80. The molecule has 0 fully saturated rings. The Labute approximate surface area is 116 Å². The highest BCUT2D eigenvalue weighted by molar-refractivity contribution is 5.93. The lowest BCUT2D eigenvalue weighted by Crippen LogP contribution is -2.24. The smallest absolute Gasteiger partial charge is 0.268 e. The third kappa shape index (κ3) is 2.27. The van der Waals surface area contributed by atoms with E-state index in [4.69, 9.17) is 15.2 Å². The average Bonchev–Trinajstić information content (AvgIpc) is 3.01. The van der Waals surface area contributed by atoms with Gasteiger partial charge in [0.1, 0.15) is 5.69 Å². The van der Waals surface area contributed by atoms with E-state index in [1.54, 1.807) is 23.9 Å². The molecular formula is C14H15N3O3. The van der Waals surface area contributed by atoms with Crippen molar-refractivity contribution >= 4 is 11.6 Å². The van der Waals surface area contributed by atoms with Crippen LogP contribution in [0.15, 0.2) is 30.5 Å². The Kier molecular flexibility index (Phi) is 2.98. The van der Waals surface area contributed by atoms with Gasteiger partial charge in [0.25, 0.3) is 5.91 Å². The van der Waals surface area contributed by atoms with E-state index in [1.165, 1.54) is 0 Å². The van der Waals surface area contributed by atoms with Crippen molar-refractivity contribution < 1.29 is 14.3 Å². The van der Waals surface area contributed by atoms with Crippen LogP contribution in [0.25, 0.3) is 0 Å². The molecule has 1 aliphatic heterocycles. The number of benzene rings is 1. The Morgan fingerprint density at radius 1 is 1.35 bits per heavy atom. The largest absolute Gasteiger partial charge is 0.454 e. The van der Waals surface area contributed by atoms with Gasteiger partial charge in [0, 0.05) is 19.8 Å². The SMILES string of the molecule is Cn1cc(N)cc1C(=O)NCc1ccc2c(c1)OCO2. The molecule has 3 rings (SSSR count). The lowest BCUT2D eigenvalue weighted by molar-refractivity contribution is 0.0942. The number of nitrogens with two attached hydrogens (primary N) is 1. The third-order valence-corrected chi connectivity index (χ3v) is 3.15. The van der Waals surface area contributed by atoms with Gasteiger partial charge in [-0.3, -0.25) is 4.79 Å². The first-order valence-corrected chi connectivity index (χ1v) is 6.22. The van der Waals surface area contributed by atoms with Gasteiger partial charge in [-0.25, -0.2) is 0 Å². The number of aryl methyl sites for hydroxylation is 1. The molecule has 6 heteroatoms. The molecule has 1 aromatic heterocycles. The molecule has 1 aromatic carbocycles. The third-order valence-electron chi connectivity index (χ3n) is 3.15. The minimum absolute atomic E-state index is 0.165. The minimum atomic E-state index is -0.165. The zero-order valence-electron chi connectivity index (χ0n) is 11.1. The van der Waals surface area contributed by atoms with Crippen LogP contribution in [0.4, 0.5) is 5.69 Å². The number of nitrogens with zero attached hydrogens (tertiary/aromatic N) is 1. The van der Waals surface area contributed by atoms with Gasteiger partial charge in [-0.1, -0.05) is 6.07 Å². The summed E-state index contributed by atoms with van der Waals surface area (Å²) in [6.07, 6.45) is 1.70. The van der Waals surface area contributed by atoms with E-state index in [2.05, 4.69) is 5.32 Å². The molecule has 0 bridgehead atoms. The van der Waals surface area contributed by atoms with Crippen LogP contribution >= 0.6 is 0 Å². The maximum atomic E-state index is 12.0. The fraction of sp³-hybridized carbons (Fsp3) is 0.214. The second-order valence-corrected chi connectivity index (χ2v) is 4.64. The predicted molar refractivity (Wildman–Crippen MR) is 73.6 cm³/mol. The van der Waals surface area contributed by atoms with Crippen molar-refractivity contribution in [3.63, 3.8) is 0 Å². The van der Waals surface area contributed by atoms with Crippen LogP contribution in [-0.4, -0.2) is 17.3 Å². The van der Waals surface area contributed by atoms with E-state index >= 15 is 0 Å². The fourth-order valence-corrected chi connectivity index (χ4v) is 2.14. The Morgan fingerprint density at radius 2 is 2.15 bits per heavy atom. The summed E-state index contributed by atoms with van der Waals surface area (Å²) in [5, 5.41) is 2.85. The van der Waals surface area contributed by atoms with E-state index in [9.17, 15) is 4.79 Å². The summed E-state index contributed by atoms with van der Waals surface area (Å²) in [5.74, 6) is 1.28. The molecule has 104 valence electrons. The van der Waals surface area contributed by atoms with E-state index in [-0.39, 0.29) is 12.7 Å². The topological polar surface area (TPSA) is 78.5 Å². The molecule has 6 nitrogen and oxygen atoms in total. The first-order chi connectivity index (χ1) is 9.63. The highest BCUT2D eigenvalue weighted by Crippen LogP contribution is 2.32. The summed E-state index contributed by atoms with van der Waals surface area (Å²) < 4.78 is 12.2. The highest BCUT2D eigenvalue weighted by Gasteiger charge is 2.14. The zero-order valence-corrected chi connectivity index (χ0v) is 11.1. The molecule has 0 spiro atoms. The van der Waals surface area contributed by atoms with Gasteiger partial charge in [0.2, 0.25) is 6.79 Å². The van der Waals surface area contributed by atoms with Gasteiger partial charge in [-0.2, -0.15) is 0 Å². The first-order valence-electron chi connectivity index (χ1n) is 6.22. The Bertz CT molecular complexity index is 664. The number of carbonyl (C=O) groups excluding carboxylic acids is 1. The fourth-order valence-electron chi connectivity index (χ4n) is 2.14. The maximum absolute atomic E-state index is 12.0. The molecule has 0 saturated carbocycles.